The molecule has 104 valence electrons. The second-order valence-corrected chi connectivity index (χ2v) is 3.15. The van der Waals surface area contributed by atoms with Gasteiger partial charge in [-0.3, -0.25) is 0 Å². The number of aliphatic hydroxyl groups excluding tert-OH is 1. The van der Waals surface area contributed by atoms with Crippen LogP contribution >= 0.6 is 0 Å². The van der Waals surface area contributed by atoms with Crippen molar-refractivity contribution in [2.75, 3.05) is 13.2 Å². The third-order valence-electron chi connectivity index (χ3n) is 1.86. The summed E-state index contributed by atoms with van der Waals surface area (Å²) in [5.41, 5.74) is 0.299. The Morgan fingerprint density at radius 1 is 1.17 bits per heavy atom. The van der Waals surface area contributed by atoms with Crippen molar-refractivity contribution < 1.29 is 27.4 Å². The molecule has 2 nitrogen and oxygen atoms in total. The topological polar surface area (TPSA) is 29.5 Å². The van der Waals surface area contributed by atoms with E-state index in [1.165, 1.54) is 12.1 Å². The molecule has 0 spiro atoms. The van der Waals surface area contributed by atoms with Gasteiger partial charge in [-0.05, 0) is 17.7 Å². The number of ether oxygens (including phenoxy) is 1. The lowest BCUT2D eigenvalue weighted by Gasteiger charge is -2.17. The Hall–Kier alpha value is -1.14. The molecule has 0 aromatic heterocycles. The van der Waals surface area contributed by atoms with Gasteiger partial charge in [0.1, 0.15) is 18.5 Å². The number of rotatable bonds is 4. The Kier molecular flexibility index (Phi) is 7.54. The average Bonchev–Trinajstić information content (AvgIpc) is 2.33. The van der Waals surface area contributed by atoms with Gasteiger partial charge < -0.3 is 9.84 Å². The highest BCUT2D eigenvalue weighted by Crippen LogP contribution is 2.22. The molecule has 0 saturated heterocycles. The van der Waals surface area contributed by atoms with Crippen LogP contribution in [0.2, 0.25) is 0 Å². The smallest absolute Gasteiger partial charge is 0.393 e. The Labute approximate surface area is 103 Å². The van der Waals surface area contributed by atoms with Crippen LogP contribution in [-0.4, -0.2) is 24.5 Å². The van der Waals surface area contributed by atoms with Crippen LogP contribution in [0.3, 0.4) is 0 Å². The maximum atomic E-state index is 12.5. The van der Waals surface area contributed by atoms with Gasteiger partial charge in [-0.15, -0.1) is 0 Å². The van der Waals surface area contributed by atoms with Crippen LogP contribution in [0.1, 0.15) is 25.5 Å². The number of aliphatic hydroxyl groups is 1. The zero-order valence-corrected chi connectivity index (χ0v) is 10.2. The van der Waals surface area contributed by atoms with Crippen molar-refractivity contribution >= 4 is 0 Å². The molecule has 0 heterocycles. The molecule has 0 aliphatic heterocycles. The predicted molar refractivity (Wildman–Crippen MR) is 59.6 cm³/mol. The van der Waals surface area contributed by atoms with E-state index in [0.29, 0.717) is 5.56 Å². The lowest BCUT2D eigenvalue weighted by atomic mass is 10.1. The molecular formula is C12H16F4O2. The van der Waals surface area contributed by atoms with Crippen LogP contribution in [0.4, 0.5) is 17.6 Å². The van der Waals surface area contributed by atoms with Crippen molar-refractivity contribution in [3.63, 3.8) is 0 Å². The van der Waals surface area contributed by atoms with Gasteiger partial charge in [-0.25, -0.2) is 4.39 Å². The van der Waals surface area contributed by atoms with Crippen molar-refractivity contribution in [1.29, 1.82) is 0 Å². The van der Waals surface area contributed by atoms with Gasteiger partial charge >= 0.3 is 6.18 Å². The standard InChI is InChI=1S/C10H10F4O2.C2H6/c11-8-3-1-7(2-4-8)9(5-15)16-6-10(12,13)14;1-2/h1-4,9,15H,5-6H2;1-2H3. The second-order valence-electron chi connectivity index (χ2n) is 3.15. The summed E-state index contributed by atoms with van der Waals surface area (Å²) in [7, 11) is 0. The molecule has 0 aliphatic rings. The van der Waals surface area contributed by atoms with Crippen LogP contribution in [0.25, 0.3) is 0 Å². The van der Waals surface area contributed by atoms with Crippen LogP contribution in [0, 0.1) is 5.82 Å². The molecule has 1 aromatic rings. The fraction of sp³-hybridized carbons (Fsp3) is 0.500. The van der Waals surface area contributed by atoms with E-state index in [0.717, 1.165) is 12.1 Å². The molecular weight excluding hydrogens is 252 g/mol. The zero-order valence-electron chi connectivity index (χ0n) is 10.2. The van der Waals surface area contributed by atoms with E-state index < -0.39 is 31.3 Å². The highest BCUT2D eigenvalue weighted by molar-refractivity contribution is 5.18. The number of halogens is 4. The summed E-state index contributed by atoms with van der Waals surface area (Å²) in [4.78, 5) is 0. The van der Waals surface area contributed by atoms with Gasteiger partial charge in [0.2, 0.25) is 0 Å². The first kappa shape index (κ1) is 16.9. The molecule has 1 rings (SSSR count). The zero-order chi connectivity index (χ0) is 14.2. The Bertz CT molecular complexity index is 322. The number of benzene rings is 1. The van der Waals surface area contributed by atoms with E-state index in [9.17, 15) is 17.6 Å². The third-order valence-corrected chi connectivity index (χ3v) is 1.86. The number of alkyl halides is 3. The van der Waals surface area contributed by atoms with Gasteiger partial charge in [0.25, 0.3) is 0 Å². The van der Waals surface area contributed by atoms with Gasteiger partial charge in [-0.2, -0.15) is 13.2 Å². The summed E-state index contributed by atoms with van der Waals surface area (Å²) in [5.74, 6) is -0.503. The van der Waals surface area contributed by atoms with Crippen LogP contribution in [0.15, 0.2) is 24.3 Å². The van der Waals surface area contributed by atoms with Crippen molar-refractivity contribution in [3.05, 3.63) is 35.6 Å². The van der Waals surface area contributed by atoms with Gasteiger partial charge in [0.05, 0.1) is 6.61 Å². The number of hydrogen-bond acceptors (Lipinski definition) is 2. The summed E-state index contributed by atoms with van der Waals surface area (Å²) >= 11 is 0. The molecule has 6 heteroatoms. The van der Waals surface area contributed by atoms with Crippen LogP contribution in [0.5, 0.6) is 0 Å². The van der Waals surface area contributed by atoms with Crippen molar-refractivity contribution in [2.24, 2.45) is 0 Å². The molecule has 0 radical (unpaired) electrons. The van der Waals surface area contributed by atoms with E-state index >= 15 is 0 Å². The number of hydrogen-bond donors (Lipinski definition) is 1. The molecule has 0 fully saturated rings. The Morgan fingerprint density at radius 2 is 1.67 bits per heavy atom. The normalized spacial score (nSPS) is 12.6. The first-order valence-corrected chi connectivity index (χ1v) is 5.47. The molecule has 1 aromatic carbocycles. The maximum Gasteiger partial charge on any atom is 0.411 e. The molecule has 0 amide bonds. The summed E-state index contributed by atoms with van der Waals surface area (Å²) in [6, 6.07) is 4.73. The monoisotopic (exact) mass is 268 g/mol. The average molecular weight is 268 g/mol. The second kappa shape index (κ2) is 8.05. The quantitative estimate of drug-likeness (QED) is 0.847. The largest absolute Gasteiger partial charge is 0.411 e. The highest BCUT2D eigenvalue weighted by atomic mass is 19.4. The van der Waals surface area contributed by atoms with Crippen molar-refractivity contribution in [2.45, 2.75) is 26.1 Å². The predicted octanol–water partition coefficient (Wildman–Crippen LogP) is 3.46. The van der Waals surface area contributed by atoms with Gasteiger partial charge in [0, 0.05) is 0 Å². The molecule has 0 aliphatic carbocycles. The first-order chi connectivity index (χ1) is 8.42. The summed E-state index contributed by atoms with van der Waals surface area (Å²) in [5, 5.41) is 8.86. The summed E-state index contributed by atoms with van der Waals surface area (Å²) in [6.45, 7) is 1.96. The molecule has 1 atom stereocenters. The minimum absolute atomic E-state index is 0.299. The maximum absolute atomic E-state index is 12.5. The SMILES string of the molecule is CC.OCC(OCC(F)(F)F)c1ccc(F)cc1. The van der Waals surface area contributed by atoms with Gasteiger partial charge in [-0.1, -0.05) is 26.0 Å². The first-order valence-electron chi connectivity index (χ1n) is 5.47. The lowest BCUT2D eigenvalue weighted by molar-refractivity contribution is -0.189. The van der Waals surface area contributed by atoms with E-state index in [1.54, 1.807) is 0 Å². The minimum Gasteiger partial charge on any atom is -0.393 e. The Balaban J connectivity index is 0.00000137. The van der Waals surface area contributed by atoms with E-state index in [-0.39, 0.29) is 0 Å². The van der Waals surface area contributed by atoms with Crippen molar-refractivity contribution in [1.82, 2.24) is 0 Å². The summed E-state index contributed by atoms with van der Waals surface area (Å²) in [6.07, 6.45) is -5.55. The highest BCUT2D eigenvalue weighted by Gasteiger charge is 2.29. The van der Waals surface area contributed by atoms with E-state index in [4.69, 9.17) is 5.11 Å². The molecule has 1 unspecified atom stereocenters. The molecule has 0 bridgehead atoms. The fourth-order valence-corrected chi connectivity index (χ4v) is 1.13. The van der Waals surface area contributed by atoms with Gasteiger partial charge in [0.15, 0.2) is 0 Å². The molecule has 18 heavy (non-hydrogen) atoms. The van der Waals surface area contributed by atoms with Crippen molar-refractivity contribution in [3.8, 4) is 0 Å². The third kappa shape index (κ3) is 6.56. The fourth-order valence-electron chi connectivity index (χ4n) is 1.13. The van der Waals surface area contributed by atoms with E-state index in [2.05, 4.69) is 4.74 Å². The molecule has 1 N–H and O–H groups in total. The Morgan fingerprint density at radius 3 is 2.06 bits per heavy atom. The van der Waals surface area contributed by atoms with E-state index in [1.807, 2.05) is 13.8 Å². The molecule has 0 saturated carbocycles. The lowest BCUT2D eigenvalue weighted by Crippen LogP contribution is -2.21. The minimum atomic E-state index is -4.45. The van der Waals surface area contributed by atoms with Crippen LogP contribution < -0.4 is 0 Å². The summed E-state index contributed by atoms with van der Waals surface area (Å²) < 4.78 is 52.6. The van der Waals surface area contributed by atoms with Crippen LogP contribution in [-0.2, 0) is 4.74 Å².